The van der Waals surface area contributed by atoms with Crippen LogP contribution in [0, 0.1) is 11.2 Å². The minimum atomic E-state index is -0.956. The summed E-state index contributed by atoms with van der Waals surface area (Å²) in [4.78, 5) is 38.2. The number of aliphatic carboxylic acids is 1. The number of benzene rings is 2. The molecule has 28 heavy (non-hydrogen) atoms. The van der Waals surface area contributed by atoms with Gasteiger partial charge in [0.1, 0.15) is 5.82 Å². The lowest BCUT2D eigenvalue weighted by atomic mass is 9.82. The van der Waals surface area contributed by atoms with Crippen molar-refractivity contribution in [2.24, 2.45) is 5.41 Å². The lowest BCUT2D eigenvalue weighted by Gasteiger charge is -2.37. The SMILES string of the molecule is CC1(C(=O)O)CCCN(C(=O)c2cccc(NC(=O)c3ccc(F)cc3)c2)C1. The average Bonchev–Trinajstić information content (AvgIpc) is 2.68. The van der Waals surface area contributed by atoms with Gasteiger partial charge in [-0.1, -0.05) is 6.07 Å². The molecule has 0 spiro atoms. The average molecular weight is 384 g/mol. The van der Waals surface area contributed by atoms with E-state index >= 15 is 0 Å². The maximum atomic E-state index is 13.0. The van der Waals surface area contributed by atoms with Crippen molar-refractivity contribution >= 4 is 23.5 Å². The van der Waals surface area contributed by atoms with Crippen molar-refractivity contribution in [3.8, 4) is 0 Å². The molecule has 2 N–H and O–H groups in total. The Morgan fingerprint density at radius 2 is 1.82 bits per heavy atom. The van der Waals surface area contributed by atoms with Crippen LogP contribution in [0.5, 0.6) is 0 Å². The largest absolute Gasteiger partial charge is 0.481 e. The maximum Gasteiger partial charge on any atom is 0.311 e. The number of hydrogen-bond donors (Lipinski definition) is 2. The molecule has 2 aromatic rings. The first-order valence-corrected chi connectivity index (χ1v) is 8.98. The fourth-order valence-corrected chi connectivity index (χ4v) is 3.30. The number of amides is 2. The summed E-state index contributed by atoms with van der Waals surface area (Å²) < 4.78 is 13.0. The summed E-state index contributed by atoms with van der Waals surface area (Å²) in [5.41, 5.74) is 0.138. The van der Waals surface area contributed by atoms with E-state index in [1.54, 1.807) is 36.1 Å². The number of anilines is 1. The predicted octanol–water partition coefficient (Wildman–Crippen LogP) is 3.40. The Labute approximate surface area is 162 Å². The van der Waals surface area contributed by atoms with E-state index in [4.69, 9.17) is 0 Å². The highest BCUT2D eigenvalue weighted by atomic mass is 19.1. The van der Waals surface area contributed by atoms with Gasteiger partial charge in [0.05, 0.1) is 5.41 Å². The Kier molecular flexibility index (Phi) is 5.44. The molecule has 1 aliphatic rings. The third-order valence-corrected chi connectivity index (χ3v) is 4.97. The van der Waals surface area contributed by atoms with Crippen molar-refractivity contribution in [3.63, 3.8) is 0 Å². The Balaban J connectivity index is 1.73. The Hall–Kier alpha value is -3.22. The summed E-state index contributed by atoms with van der Waals surface area (Å²) in [5, 5.41) is 12.1. The number of likely N-dealkylation sites (tertiary alicyclic amines) is 1. The van der Waals surface area contributed by atoms with Gasteiger partial charge in [0.25, 0.3) is 11.8 Å². The first-order valence-electron chi connectivity index (χ1n) is 8.98. The second-order valence-corrected chi connectivity index (χ2v) is 7.24. The highest BCUT2D eigenvalue weighted by Gasteiger charge is 2.39. The Bertz CT molecular complexity index is 913. The number of carboxylic acids is 1. The molecule has 0 radical (unpaired) electrons. The molecule has 3 rings (SSSR count). The van der Waals surface area contributed by atoms with Crippen molar-refractivity contribution in [1.29, 1.82) is 0 Å². The number of piperidine rings is 1. The van der Waals surface area contributed by atoms with Crippen LogP contribution in [0.15, 0.2) is 48.5 Å². The molecule has 0 saturated carbocycles. The molecule has 1 aliphatic heterocycles. The molecule has 0 aliphatic carbocycles. The molecule has 2 amide bonds. The number of carboxylic acid groups (broad SMARTS) is 1. The lowest BCUT2D eigenvalue weighted by Crippen LogP contribution is -2.48. The molecule has 0 aromatic heterocycles. The quantitative estimate of drug-likeness (QED) is 0.846. The van der Waals surface area contributed by atoms with Crippen molar-refractivity contribution in [1.82, 2.24) is 4.90 Å². The van der Waals surface area contributed by atoms with Crippen molar-refractivity contribution in [2.75, 3.05) is 18.4 Å². The molecule has 7 heteroatoms. The molecule has 1 saturated heterocycles. The van der Waals surface area contributed by atoms with Crippen LogP contribution in [-0.2, 0) is 4.79 Å². The van der Waals surface area contributed by atoms with Gasteiger partial charge >= 0.3 is 5.97 Å². The van der Waals surface area contributed by atoms with Crippen molar-refractivity contribution in [3.05, 3.63) is 65.5 Å². The van der Waals surface area contributed by atoms with Crippen LogP contribution in [0.2, 0.25) is 0 Å². The summed E-state index contributed by atoms with van der Waals surface area (Å²) in [6, 6.07) is 11.6. The normalized spacial score (nSPS) is 19.1. The minimum Gasteiger partial charge on any atom is -0.481 e. The summed E-state index contributed by atoms with van der Waals surface area (Å²) >= 11 is 0. The molecular weight excluding hydrogens is 363 g/mol. The number of carbonyl (C=O) groups is 3. The van der Waals surface area contributed by atoms with Gasteiger partial charge in [0.15, 0.2) is 0 Å². The van der Waals surface area contributed by atoms with Gasteiger partial charge in [0.2, 0.25) is 0 Å². The number of nitrogens with one attached hydrogen (secondary N) is 1. The van der Waals surface area contributed by atoms with Crippen LogP contribution in [0.25, 0.3) is 0 Å². The molecule has 146 valence electrons. The molecule has 1 atom stereocenters. The van der Waals surface area contributed by atoms with E-state index in [0.717, 1.165) is 0 Å². The second kappa shape index (κ2) is 7.80. The minimum absolute atomic E-state index is 0.146. The number of hydrogen-bond acceptors (Lipinski definition) is 3. The van der Waals surface area contributed by atoms with Crippen LogP contribution in [-0.4, -0.2) is 40.9 Å². The topological polar surface area (TPSA) is 86.7 Å². The highest BCUT2D eigenvalue weighted by Crippen LogP contribution is 2.30. The first-order chi connectivity index (χ1) is 13.3. The van der Waals surface area contributed by atoms with E-state index in [9.17, 15) is 23.9 Å². The molecule has 0 bridgehead atoms. The Morgan fingerprint density at radius 3 is 2.50 bits per heavy atom. The van der Waals surface area contributed by atoms with E-state index in [-0.39, 0.29) is 12.5 Å². The van der Waals surface area contributed by atoms with Gasteiger partial charge in [-0.25, -0.2) is 4.39 Å². The summed E-state index contributed by atoms with van der Waals surface area (Å²) in [6.45, 7) is 2.29. The van der Waals surface area contributed by atoms with E-state index in [2.05, 4.69) is 5.32 Å². The van der Waals surface area contributed by atoms with Gasteiger partial charge in [-0.15, -0.1) is 0 Å². The zero-order chi connectivity index (χ0) is 20.3. The van der Waals surface area contributed by atoms with Crippen molar-refractivity contribution < 1.29 is 23.9 Å². The third-order valence-electron chi connectivity index (χ3n) is 4.97. The van der Waals surface area contributed by atoms with Gasteiger partial charge in [-0.05, 0) is 62.2 Å². The first kappa shape index (κ1) is 19.5. The third kappa shape index (κ3) is 4.19. The zero-order valence-corrected chi connectivity index (χ0v) is 15.4. The summed E-state index contributed by atoms with van der Waals surface area (Å²) in [7, 11) is 0. The monoisotopic (exact) mass is 384 g/mol. The van der Waals surface area contributed by atoms with Crippen LogP contribution >= 0.6 is 0 Å². The molecule has 1 fully saturated rings. The summed E-state index contributed by atoms with van der Waals surface area (Å²) in [6.07, 6.45) is 1.15. The number of halogens is 1. The molecule has 1 heterocycles. The molecule has 2 aromatic carbocycles. The Morgan fingerprint density at radius 1 is 1.11 bits per heavy atom. The van der Waals surface area contributed by atoms with Crippen molar-refractivity contribution in [2.45, 2.75) is 19.8 Å². The molecule has 1 unspecified atom stereocenters. The van der Waals surface area contributed by atoms with Gasteiger partial charge in [-0.2, -0.15) is 0 Å². The van der Waals surface area contributed by atoms with E-state index in [0.29, 0.717) is 36.2 Å². The standard InChI is InChI=1S/C21H21FN2O4/c1-21(20(27)28)10-3-11-24(13-21)19(26)15-4-2-5-17(12-15)23-18(25)14-6-8-16(22)9-7-14/h2,4-9,12H,3,10-11,13H2,1H3,(H,23,25)(H,27,28). The number of rotatable bonds is 4. The maximum absolute atomic E-state index is 13.0. The van der Waals surface area contributed by atoms with Gasteiger partial charge in [0, 0.05) is 29.9 Å². The van der Waals surface area contributed by atoms with E-state index in [1.165, 1.54) is 24.3 Å². The van der Waals surface area contributed by atoms with E-state index < -0.39 is 23.1 Å². The zero-order valence-electron chi connectivity index (χ0n) is 15.4. The smallest absolute Gasteiger partial charge is 0.311 e. The lowest BCUT2D eigenvalue weighted by molar-refractivity contribution is -0.150. The van der Waals surface area contributed by atoms with Crippen LogP contribution in [0.4, 0.5) is 10.1 Å². The predicted molar refractivity (Wildman–Crippen MR) is 102 cm³/mol. The fraction of sp³-hybridized carbons (Fsp3) is 0.286. The highest BCUT2D eigenvalue weighted by molar-refractivity contribution is 6.05. The van der Waals surface area contributed by atoms with Gasteiger partial charge < -0.3 is 15.3 Å². The summed E-state index contributed by atoms with van der Waals surface area (Å²) in [5.74, 6) is -2.03. The number of carbonyl (C=O) groups excluding carboxylic acids is 2. The second-order valence-electron chi connectivity index (χ2n) is 7.24. The number of nitrogens with zero attached hydrogens (tertiary/aromatic N) is 1. The van der Waals surface area contributed by atoms with Crippen LogP contribution in [0.1, 0.15) is 40.5 Å². The van der Waals surface area contributed by atoms with Crippen LogP contribution < -0.4 is 5.32 Å². The molecule has 6 nitrogen and oxygen atoms in total. The molecular formula is C21H21FN2O4. The fourth-order valence-electron chi connectivity index (χ4n) is 3.30. The van der Waals surface area contributed by atoms with Crippen LogP contribution in [0.3, 0.4) is 0 Å². The van der Waals surface area contributed by atoms with E-state index in [1.807, 2.05) is 0 Å². The van der Waals surface area contributed by atoms with Gasteiger partial charge in [-0.3, -0.25) is 14.4 Å².